The third-order valence-electron chi connectivity index (χ3n) is 5.55. The number of ether oxygens (including phenoxy) is 1. The van der Waals surface area contributed by atoms with E-state index in [-0.39, 0.29) is 11.5 Å². The van der Waals surface area contributed by atoms with Gasteiger partial charge in [0.05, 0.1) is 23.5 Å². The maximum atomic E-state index is 12.6. The summed E-state index contributed by atoms with van der Waals surface area (Å²) >= 11 is 0. The Morgan fingerprint density at radius 3 is 2.53 bits per heavy atom. The normalized spacial score (nSPS) is 12.1. The fraction of sp³-hybridized carbons (Fsp3) is 0.148. The average molecular weight is 453 g/mol. The van der Waals surface area contributed by atoms with Gasteiger partial charge in [-0.25, -0.2) is 4.98 Å². The topological polar surface area (TPSA) is 106 Å². The van der Waals surface area contributed by atoms with Crippen molar-refractivity contribution in [3.05, 3.63) is 82.5 Å². The van der Waals surface area contributed by atoms with E-state index < -0.39 is 0 Å². The molecule has 3 aromatic carbocycles. The first-order valence-electron chi connectivity index (χ1n) is 11.0. The van der Waals surface area contributed by atoms with Gasteiger partial charge < -0.3 is 19.9 Å². The van der Waals surface area contributed by atoms with Crippen molar-refractivity contribution in [1.29, 1.82) is 0 Å². The number of fused-ring (bicyclic) bond motifs is 2. The molecule has 0 atom stereocenters. The summed E-state index contributed by atoms with van der Waals surface area (Å²) in [4.78, 5) is 25.0. The van der Waals surface area contributed by atoms with E-state index in [1.165, 1.54) is 6.07 Å². The molecule has 0 unspecified atom stereocenters. The van der Waals surface area contributed by atoms with Gasteiger partial charge in [0.25, 0.3) is 0 Å². The molecule has 0 radical (unpaired) electrons. The van der Waals surface area contributed by atoms with E-state index in [0.717, 1.165) is 33.5 Å². The molecule has 170 valence electrons. The van der Waals surface area contributed by atoms with Crippen LogP contribution >= 0.6 is 0 Å². The smallest absolute Gasteiger partial charge is 0.193 e. The number of rotatable bonds is 5. The largest absolute Gasteiger partial charge is 0.497 e. The Kier molecular flexibility index (Phi) is 5.37. The number of methoxy groups -OCH3 is 1. The number of hydrogen-bond donors (Lipinski definition) is 2. The lowest BCUT2D eigenvalue weighted by atomic mass is 10.1. The molecule has 5 aromatic rings. The molecule has 3 N–H and O–H groups in total. The van der Waals surface area contributed by atoms with Crippen LogP contribution in [0.3, 0.4) is 0 Å². The highest BCUT2D eigenvalue weighted by molar-refractivity contribution is 6.00. The predicted molar refractivity (Wildman–Crippen MR) is 135 cm³/mol. The van der Waals surface area contributed by atoms with Crippen molar-refractivity contribution in [1.82, 2.24) is 9.97 Å². The summed E-state index contributed by atoms with van der Waals surface area (Å²) in [5, 5.41) is 0.516. The van der Waals surface area contributed by atoms with Gasteiger partial charge in [0.1, 0.15) is 28.8 Å². The number of aromatic amines is 1. The Morgan fingerprint density at radius 1 is 1.03 bits per heavy atom. The minimum absolute atomic E-state index is 0.101. The molecular formula is C27H24N4O3. The Labute approximate surface area is 195 Å². The van der Waals surface area contributed by atoms with Gasteiger partial charge in [0.2, 0.25) is 0 Å². The van der Waals surface area contributed by atoms with E-state index in [4.69, 9.17) is 19.9 Å². The lowest BCUT2D eigenvalue weighted by Gasteiger charge is -2.06. The van der Waals surface area contributed by atoms with E-state index in [9.17, 15) is 4.79 Å². The zero-order chi connectivity index (χ0) is 23.8. The van der Waals surface area contributed by atoms with Gasteiger partial charge in [-0.1, -0.05) is 24.3 Å². The SMILES string of the molecule is COc1ccc2c(=O)cc(-c3ccc(-c4nc5ccc(C(N)=NC(C)C)cc5[nH]4)cc3)oc2c1. The number of nitrogens with zero attached hydrogens (tertiary/aromatic N) is 2. The Morgan fingerprint density at radius 2 is 1.79 bits per heavy atom. The van der Waals surface area contributed by atoms with Crippen LogP contribution in [0.4, 0.5) is 0 Å². The predicted octanol–water partition coefficient (Wildman–Crippen LogP) is 5.13. The number of aliphatic imine (C=N–C) groups is 1. The molecular weight excluding hydrogens is 428 g/mol. The fourth-order valence-electron chi connectivity index (χ4n) is 3.86. The van der Waals surface area contributed by atoms with Crippen LogP contribution in [0.2, 0.25) is 0 Å². The van der Waals surface area contributed by atoms with Gasteiger partial charge in [-0.05, 0) is 44.2 Å². The summed E-state index contributed by atoms with van der Waals surface area (Å²) in [7, 11) is 1.58. The molecule has 7 nitrogen and oxygen atoms in total. The summed E-state index contributed by atoms with van der Waals surface area (Å²) in [6.07, 6.45) is 0. The summed E-state index contributed by atoms with van der Waals surface area (Å²) < 4.78 is 11.2. The van der Waals surface area contributed by atoms with Gasteiger partial charge in [0.15, 0.2) is 5.43 Å². The van der Waals surface area contributed by atoms with Crippen molar-refractivity contribution in [2.75, 3.05) is 7.11 Å². The Balaban J connectivity index is 1.48. The summed E-state index contributed by atoms with van der Waals surface area (Å²) in [5.74, 6) is 2.37. The molecule has 7 heteroatoms. The molecule has 0 saturated heterocycles. The van der Waals surface area contributed by atoms with Crippen molar-refractivity contribution in [3.8, 4) is 28.5 Å². The molecule has 2 aromatic heterocycles. The van der Waals surface area contributed by atoms with Gasteiger partial charge >= 0.3 is 0 Å². The van der Waals surface area contributed by atoms with E-state index in [1.54, 1.807) is 25.3 Å². The molecule has 2 heterocycles. The zero-order valence-electron chi connectivity index (χ0n) is 19.1. The number of H-pyrrole nitrogens is 1. The number of benzene rings is 3. The van der Waals surface area contributed by atoms with E-state index in [1.807, 2.05) is 56.3 Å². The molecule has 5 rings (SSSR count). The lowest BCUT2D eigenvalue weighted by molar-refractivity contribution is 0.414. The third-order valence-corrected chi connectivity index (χ3v) is 5.55. The first-order chi connectivity index (χ1) is 16.4. The first-order valence-corrected chi connectivity index (χ1v) is 11.0. The summed E-state index contributed by atoms with van der Waals surface area (Å²) in [6, 6.07) is 20.3. The monoisotopic (exact) mass is 452 g/mol. The molecule has 0 aliphatic rings. The van der Waals surface area contributed by atoms with Crippen LogP contribution in [0, 0.1) is 0 Å². The van der Waals surface area contributed by atoms with Crippen molar-refractivity contribution >= 4 is 27.8 Å². The highest BCUT2D eigenvalue weighted by Gasteiger charge is 2.11. The second-order valence-electron chi connectivity index (χ2n) is 8.34. The second-order valence-corrected chi connectivity index (χ2v) is 8.34. The molecule has 0 aliphatic heterocycles. The quantitative estimate of drug-likeness (QED) is 0.284. The van der Waals surface area contributed by atoms with Crippen molar-refractivity contribution in [2.45, 2.75) is 19.9 Å². The zero-order valence-corrected chi connectivity index (χ0v) is 19.1. The molecule has 0 fully saturated rings. The highest BCUT2D eigenvalue weighted by atomic mass is 16.5. The Hall–Kier alpha value is -4.39. The van der Waals surface area contributed by atoms with Gasteiger partial charge in [-0.15, -0.1) is 0 Å². The van der Waals surface area contributed by atoms with Crippen molar-refractivity contribution in [3.63, 3.8) is 0 Å². The molecule has 0 bridgehead atoms. The number of nitrogens with two attached hydrogens (primary N) is 1. The Bertz CT molecular complexity index is 1590. The van der Waals surface area contributed by atoms with Gasteiger partial charge in [0, 0.05) is 34.9 Å². The van der Waals surface area contributed by atoms with E-state index in [0.29, 0.717) is 28.3 Å². The molecule has 34 heavy (non-hydrogen) atoms. The second kappa shape index (κ2) is 8.51. The van der Waals surface area contributed by atoms with Crippen molar-refractivity contribution < 1.29 is 9.15 Å². The van der Waals surface area contributed by atoms with Crippen LogP contribution in [-0.4, -0.2) is 29.0 Å². The van der Waals surface area contributed by atoms with Gasteiger partial charge in [-0.3, -0.25) is 9.79 Å². The summed E-state index contributed by atoms with van der Waals surface area (Å²) in [5.41, 5.74) is 10.8. The lowest BCUT2D eigenvalue weighted by Crippen LogP contribution is -2.15. The van der Waals surface area contributed by atoms with Crippen molar-refractivity contribution in [2.24, 2.45) is 10.7 Å². The fourth-order valence-corrected chi connectivity index (χ4v) is 3.86. The molecule has 0 amide bonds. The standard InChI is InChI=1S/C27H24N4O3/c1-15(2)29-26(28)18-8-11-21-22(12-18)31-27(30-21)17-6-4-16(5-7-17)24-14-23(32)20-10-9-19(33-3)13-25(20)34-24/h4-15H,1-3H3,(H2,28,29)(H,30,31). The van der Waals surface area contributed by atoms with Crippen LogP contribution in [0.5, 0.6) is 5.75 Å². The molecule has 0 aliphatic carbocycles. The number of amidine groups is 1. The van der Waals surface area contributed by atoms with Crippen LogP contribution in [0.15, 0.2) is 80.9 Å². The maximum absolute atomic E-state index is 12.6. The summed E-state index contributed by atoms with van der Waals surface area (Å²) in [6.45, 7) is 3.98. The third kappa shape index (κ3) is 4.03. The number of imidazole rings is 1. The van der Waals surface area contributed by atoms with Crippen LogP contribution in [0.25, 0.3) is 44.7 Å². The van der Waals surface area contributed by atoms with Crippen LogP contribution < -0.4 is 15.9 Å². The molecule has 0 spiro atoms. The minimum Gasteiger partial charge on any atom is -0.497 e. The van der Waals surface area contributed by atoms with Crippen LogP contribution in [-0.2, 0) is 0 Å². The number of nitrogens with one attached hydrogen (secondary N) is 1. The van der Waals surface area contributed by atoms with Crippen LogP contribution in [0.1, 0.15) is 19.4 Å². The van der Waals surface area contributed by atoms with E-state index >= 15 is 0 Å². The minimum atomic E-state index is -0.101. The number of hydrogen-bond acceptors (Lipinski definition) is 5. The highest BCUT2D eigenvalue weighted by Crippen LogP contribution is 2.27. The molecule has 0 saturated carbocycles. The van der Waals surface area contributed by atoms with Gasteiger partial charge in [-0.2, -0.15) is 0 Å². The first kappa shape index (κ1) is 21.5. The maximum Gasteiger partial charge on any atom is 0.193 e. The average Bonchev–Trinajstić information content (AvgIpc) is 3.26. The number of aromatic nitrogens is 2. The van der Waals surface area contributed by atoms with E-state index in [2.05, 4.69) is 9.98 Å².